The van der Waals surface area contributed by atoms with Gasteiger partial charge in [0.25, 0.3) is 0 Å². The largest absolute Gasteiger partial charge is 0.497 e. The van der Waals surface area contributed by atoms with Gasteiger partial charge in [0.1, 0.15) is 11.4 Å². The minimum Gasteiger partial charge on any atom is -0.497 e. The van der Waals surface area contributed by atoms with Crippen LogP contribution in [0, 0.1) is 0 Å². The van der Waals surface area contributed by atoms with E-state index < -0.39 is 5.60 Å². The lowest BCUT2D eigenvalue weighted by Gasteiger charge is -2.22. The monoisotopic (exact) mass is 234 g/mol. The summed E-state index contributed by atoms with van der Waals surface area (Å²) in [5.74, 6) is 0.804. The maximum absolute atomic E-state index is 10.9. The van der Waals surface area contributed by atoms with Gasteiger partial charge in [-0.1, -0.05) is 18.2 Å². The minimum atomic E-state index is -0.790. The average molecular weight is 234 g/mol. The molecule has 0 aromatic heterocycles. The number of benzene rings is 1. The fraction of sp³-hybridized carbons (Fsp3) is 0.357. The highest BCUT2D eigenvalue weighted by Gasteiger charge is 2.22. The van der Waals surface area contributed by atoms with Crippen molar-refractivity contribution in [2.45, 2.75) is 25.6 Å². The molecule has 1 aromatic carbocycles. The van der Waals surface area contributed by atoms with Crippen molar-refractivity contribution in [3.63, 3.8) is 0 Å². The maximum atomic E-state index is 10.9. The molecule has 0 spiro atoms. The third kappa shape index (κ3) is 4.04. The normalized spacial score (nSPS) is 13.8. The van der Waals surface area contributed by atoms with E-state index in [4.69, 9.17) is 9.47 Å². The van der Waals surface area contributed by atoms with Gasteiger partial charge >= 0.3 is 0 Å². The number of methoxy groups -OCH3 is 1. The van der Waals surface area contributed by atoms with E-state index in [1.807, 2.05) is 24.3 Å². The summed E-state index contributed by atoms with van der Waals surface area (Å²) in [5.41, 5.74) is 0.213. The van der Waals surface area contributed by atoms with E-state index in [2.05, 4.69) is 6.58 Å². The summed E-state index contributed by atoms with van der Waals surface area (Å²) in [6.45, 7) is 5.77. The molecule has 0 saturated heterocycles. The zero-order valence-corrected chi connectivity index (χ0v) is 10.3. The summed E-state index contributed by atoms with van der Waals surface area (Å²) in [6.07, 6.45) is 3.01. The van der Waals surface area contributed by atoms with E-state index >= 15 is 0 Å². The quantitative estimate of drug-likeness (QED) is 0.537. The van der Waals surface area contributed by atoms with Crippen LogP contribution in [0.5, 0.6) is 5.75 Å². The third-order valence-electron chi connectivity index (χ3n) is 2.53. The molecule has 17 heavy (non-hydrogen) atoms. The molecular weight excluding hydrogens is 216 g/mol. The molecule has 0 aliphatic rings. The molecule has 0 aliphatic heterocycles. The predicted octanol–water partition coefficient (Wildman–Crippen LogP) is 2.75. The zero-order chi connectivity index (χ0) is 12.7. The van der Waals surface area contributed by atoms with Crippen LogP contribution in [0.4, 0.5) is 0 Å². The molecule has 3 nitrogen and oxygen atoms in total. The zero-order valence-electron chi connectivity index (χ0n) is 10.3. The van der Waals surface area contributed by atoms with Crippen LogP contribution >= 0.6 is 0 Å². The second kappa shape index (κ2) is 6.21. The molecule has 1 rings (SSSR count). The van der Waals surface area contributed by atoms with Crippen LogP contribution in [0.25, 0.3) is 0 Å². The van der Waals surface area contributed by atoms with Crippen molar-refractivity contribution in [2.24, 2.45) is 0 Å². The van der Waals surface area contributed by atoms with Gasteiger partial charge in [0.2, 0.25) is 0 Å². The molecule has 1 aromatic rings. The lowest BCUT2D eigenvalue weighted by molar-refractivity contribution is -0.130. The van der Waals surface area contributed by atoms with Gasteiger partial charge in [0, 0.05) is 6.42 Å². The van der Waals surface area contributed by atoms with Crippen LogP contribution in [0.2, 0.25) is 0 Å². The van der Waals surface area contributed by atoms with Gasteiger partial charge in [-0.15, -0.1) is 6.58 Å². The SMILES string of the molecule is C=CC[C@](C)(C=O)OCc1ccc(OC)cc1. The number of rotatable bonds is 7. The second-order valence-electron chi connectivity index (χ2n) is 4.06. The van der Waals surface area contributed by atoms with Crippen LogP contribution in [0.3, 0.4) is 0 Å². The molecular formula is C14H18O3. The number of carbonyl (C=O) groups is 1. The maximum Gasteiger partial charge on any atom is 0.151 e. The Labute approximate surface area is 102 Å². The summed E-state index contributed by atoms with van der Waals surface area (Å²) >= 11 is 0. The van der Waals surface area contributed by atoms with E-state index in [1.54, 1.807) is 20.1 Å². The third-order valence-corrected chi connectivity index (χ3v) is 2.53. The van der Waals surface area contributed by atoms with Crippen LogP contribution in [0.15, 0.2) is 36.9 Å². The molecule has 0 bridgehead atoms. The molecule has 0 N–H and O–H groups in total. The molecule has 0 unspecified atom stereocenters. The van der Waals surface area contributed by atoms with Crippen LogP contribution in [-0.2, 0) is 16.1 Å². The Morgan fingerprint density at radius 1 is 1.35 bits per heavy atom. The highest BCUT2D eigenvalue weighted by Crippen LogP contribution is 2.17. The highest BCUT2D eigenvalue weighted by atomic mass is 16.5. The number of hydrogen-bond acceptors (Lipinski definition) is 3. The van der Waals surface area contributed by atoms with Gasteiger partial charge in [-0.2, -0.15) is 0 Å². The summed E-state index contributed by atoms with van der Waals surface area (Å²) in [5, 5.41) is 0. The van der Waals surface area contributed by atoms with Crippen molar-refractivity contribution >= 4 is 6.29 Å². The van der Waals surface area contributed by atoms with Gasteiger partial charge in [-0.3, -0.25) is 0 Å². The molecule has 0 aliphatic carbocycles. The molecule has 0 radical (unpaired) electrons. The fourth-order valence-corrected chi connectivity index (χ4v) is 1.40. The van der Waals surface area contributed by atoms with E-state index in [1.165, 1.54) is 0 Å². The first kappa shape index (κ1) is 13.5. The molecule has 0 heterocycles. The van der Waals surface area contributed by atoms with Crippen molar-refractivity contribution < 1.29 is 14.3 Å². The standard InChI is InChI=1S/C14H18O3/c1-4-9-14(2,11-15)17-10-12-5-7-13(16-3)8-6-12/h4-8,11H,1,9-10H2,2-3H3/t14-/m1/s1. The van der Waals surface area contributed by atoms with Gasteiger partial charge < -0.3 is 14.3 Å². The van der Waals surface area contributed by atoms with E-state index in [0.29, 0.717) is 13.0 Å². The average Bonchev–Trinajstić information content (AvgIpc) is 2.37. The van der Waals surface area contributed by atoms with Crippen molar-refractivity contribution in [3.05, 3.63) is 42.5 Å². The summed E-state index contributed by atoms with van der Waals surface area (Å²) in [7, 11) is 1.62. The van der Waals surface area contributed by atoms with Gasteiger partial charge in [0.15, 0.2) is 6.29 Å². The Hall–Kier alpha value is -1.61. The molecule has 0 fully saturated rings. The van der Waals surface area contributed by atoms with E-state index in [-0.39, 0.29) is 0 Å². The summed E-state index contributed by atoms with van der Waals surface area (Å²) in [6, 6.07) is 7.56. The van der Waals surface area contributed by atoms with Crippen molar-refractivity contribution in [3.8, 4) is 5.75 Å². The Bertz CT molecular complexity index is 370. The van der Waals surface area contributed by atoms with Crippen molar-refractivity contribution in [1.29, 1.82) is 0 Å². The smallest absolute Gasteiger partial charge is 0.151 e. The number of aldehydes is 1. The lowest BCUT2D eigenvalue weighted by atomic mass is 10.0. The summed E-state index contributed by atoms with van der Waals surface area (Å²) < 4.78 is 10.7. The van der Waals surface area contributed by atoms with E-state index in [0.717, 1.165) is 17.6 Å². The first-order valence-electron chi connectivity index (χ1n) is 5.47. The predicted molar refractivity (Wildman–Crippen MR) is 67.1 cm³/mol. The van der Waals surface area contributed by atoms with E-state index in [9.17, 15) is 4.79 Å². The summed E-state index contributed by atoms with van der Waals surface area (Å²) in [4.78, 5) is 10.9. The fourth-order valence-electron chi connectivity index (χ4n) is 1.40. The molecule has 0 saturated carbocycles. The molecule has 1 atom stereocenters. The van der Waals surface area contributed by atoms with Gasteiger partial charge in [-0.05, 0) is 24.6 Å². The molecule has 3 heteroatoms. The van der Waals surface area contributed by atoms with Gasteiger partial charge in [0.05, 0.1) is 13.7 Å². The Morgan fingerprint density at radius 2 is 2.00 bits per heavy atom. The van der Waals surface area contributed by atoms with Gasteiger partial charge in [-0.25, -0.2) is 0 Å². The van der Waals surface area contributed by atoms with Crippen molar-refractivity contribution in [2.75, 3.05) is 7.11 Å². The lowest BCUT2D eigenvalue weighted by Crippen LogP contribution is -2.29. The second-order valence-corrected chi connectivity index (χ2v) is 4.06. The van der Waals surface area contributed by atoms with Crippen LogP contribution in [0.1, 0.15) is 18.9 Å². The molecule has 0 amide bonds. The number of ether oxygens (including phenoxy) is 2. The Kier molecular flexibility index (Phi) is 4.91. The van der Waals surface area contributed by atoms with Crippen LogP contribution in [-0.4, -0.2) is 19.0 Å². The van der Waals surface area contributed by atoms with Crippen LogP contribution < -0.4 is 4.74 Å². The molecule has 92 valence electrons. The Balaban J connectivity index is 2.59. The highest BCUT2D eigenvalue weighted by molar-refractivity contribution is 5.62. The van der Waals surface area contributed by atoms with Crippen molar-refractivity contribution in [1.82, 2.24) is 0 Å². The first-order chi connectivity index (χ1) is 8.13. The minimum absolute atomic E-state index is 0.396. The Morgan fingerprint density at radius 3 is 2.47 bits per heavy atom. The first-order valence-corrected chi connectivity index (χ1v) is 5.47. The number of carbonyl (C=O) groups excluding carboxylic acids is 1. The number of hydrogen-bond donors (Lipinski definition) is 0. The topological polar surface area (TPSA) is 35.5 Å².